The van der Waals surface area contributed by atoms with Crippen LogP contribution < -0.4 is 5.32 Å². The fraction of sp³-hybridized carbons (Fsp3) is 0.688. The van der Waals surface area contributed by atoms with Crippen molar-refractivity contribution in [2.45, 2.75) is 38.8 Å². The van der Waals surface area contributed by atoms with E-state index in [0.717, 1.165) is 25.2 Å². The molecule has 0 atom stereocenters. The van der Waals surface area contributed by atoms with Gasteiger partial charge in [-0.1, -0.05) is 6.92 Å². The first-order chi connectivity index (χ1) is 9.69. The lowest BCUT2D eigenvalue weighted by molar-refractivity contribution is 0.138. The lowest BCUT2D eigenvalue weighted by atomic mass is 10.0. The molecule has 0 aromatic carbocycles. The highest BCUT2D eigenvalue weighted by atomic mass is 15.2. The molecule has 4 nitrogen and oxygen atoms in total. The van der Waals surface area contributed by atoms with E-state index in [2.05, 4.69) is 53.3 Å². The lowest BCUT2D eigenvalue weighted by Gasteiger charge is -2.35. The summed E-state index contributed by atoms with van der Waals surface area (Å²) in [6, 6.07) is 4.93. The monoisotopic (exact) mass is 276 g/mol. The van der Waals surface area contributed by atoms with E-state index in [1.807, 2.05) is 6.20 Å². The zero-order valence-electron chi connectivity index (χ0n) is 13.1. The van der Waals surface area contributed by atoms with Crippen molar-refractivity contribution in [1.29, 1.82) is 0 Å². The molecule has 0 spiro atoms. The van der Waals surface area contributed by atoms with Crippen molar-refractivity contribution >= 4 is 5.69 Å². The number of nitrogens with one attached hydrogen (secondary N) is 1. The van der Waals surface area contributed by atoms with Crippen LogP contribution in [-0.2, 0) is 6.54 Å². The maximum absolute atomic E-state index is 4.51. The van der Waals surface area contributed by atoms with Crippen LogP contribution in [0.2, 0.25) is 0 Å². The Morgan fingerprint density at radius 3 is 2.85 bits per heavy atom. The van der Waals surface area contributed by atoms with Crippen LogP contribution in [0.3, 0.4) is 0 Å². The molecule has 1 aliphatic heterocycles. The molecule has 0 bridgehead atoms. The molecule has 1 aromatic rings. The maximum Gasteiger partial charge on any atom is 0.0564 e. The van der Waals surface area contributed by atoms with Crippen LogP contribution >= 0.6 is 0 Å². The van der Waals surface area contributed by atoms with Crippen LogP contribution in [0.15, 0.2) is 18.3 Å². The molecule has 1 aromatic heterocycles. The fourth-order valence-electron chi connectivity index (χ4n) is 2.76. The van der Waals surface area contributed by atoms with Gasteiger partial charge in [0, 0.05) is 31.0 Å². The number of aromatic nitrogens is 1. The number of hydrogen-bond donors (Lipinski definition) is 1. The van der Waals surface area contributed by atoms with Gasteiger partial charge in [0.05, 0.1) is 5.69 Å². The zero-order valence-corrected chi connectivity index (χ0v) is 13.1. The minimum atomic E-state index is 0.695. The number of rotatable bonds is 6. The number of piperidine rings is 1. The first-order valence-corrected chi connectivity index (χ1v) is 7.76. The molecule has 1 aliphatic rings. The van der Waals surface area contributed by atoms with Crippen LogP contribution in [0, 0.1) is 0 Å². The highest BCUT2D eigenvalue weighted by molar-refractivity contribution is 5.43. The average molecular weight is 276 g/mol. The Bertz CT molecular complexity index is 399. The van der Waals surface area contributed by atoms with E-state index in [0.29, 0.717) is 6.04 Å². The van der Waals surface area contributed by atoms with Gasteiger partial charge in [-0.05, 0) is 58.6 Å². The van der Waals surface area contributed by atoms with E-state index in [1.54, 1.807) is 0 Å². The second-order valence-electron chi connectivity index (χ2n) is 5.91. The predicted octanol–water partition coefficient (Wildman–Crippen LogP) is 2.43. The van der Waals surface area contributed by atoms with Gasteiger partial charge < -0.3 is 10.2 Å². The predicted molar refractivity (Wildman–Crippen MR) is 85.0 cm³/mol. The molecule has 4 heteroatoms. The topological polar surface area (TPSA) is 31.4 Å². The minimum absolute atomic E-state index is 0.695. The number of pyridine rings is 1. The highest BCUT2D eigenvalue weighted by Gasteiger charge is 2.20. The molecular weight excluding hydrogens is 248 g/mol. The summed E-state index contributed by atoms with van der Waals surface area (Å²) in [6.07, 6.45) is 5.59. The van der Waals surface area contributed by atoms with Crippen molar-refractivity contribution in [3.8, 4) is 0 Å². The van der Waals surface area contributed by atoms with Crippen molar-refractivity contribution in [1.82, 2.24) is 14.8 Å². The normalized spacial score (nSPS) is 17.6. The van der Waals surface area contributed by atoms with Gasteiger partial charge in [0.2, 0.25) is 0 Å². The Kier molecular flexibility index (Phi) is 5.80. The lowest BCUT2D eigenvalue weighted by Crippen LogP contribution is -2.41. The van der Waals surface area contributed by atoms with E-state index >= 15 is 0 Å². The molecule has 1 saturated heterocycles. The second-order valence-corrected chi connectivity index (χ2v) is 5.91. The SMILES string of the molecule is CCCNc1ccnc(CN(C)C2CCN(C)CC2)c1. The number of anilines is 1. The van der Waals surface area contributed by atoms with Gasteiger partial charge in [-0.2, -0.15) is 0 Å². The molecule has 0 saturated carbocycles. The Balaban J connectivity index is 1.88. The molecule has 0 unspecified atom stereocenters. The van der Waals surface area contributed by atoms with Crippen LogP contribution in [0.1, 0.15) is 31.9 Å². The quantitative estimate of drug-likeness (QED) is 0.864. The molecule has 1 fully saturated rings. The summed E-state index contributed by atoms with van der Waals surface area (Å²) in [5, 5.41) is 3.43. The van der Waals surface area contributed by atoms with Gasteiger partial charge in [-0.15, -0.1) is 0 Å². The van der Waals surface area contributed by atoms with Gasteiger partial charge in [0.15, 0.2) is 0 Å². The van der Waals surface area contributed by atoms with Gasteiger partial charge in [-0.3, -0.25) is 9.88 Å². The van der Waals surface area contributed by atoms with Crippen molar-refractivity contribution in [3.63, 3.8) is 0 Å². The van der Waals surface area contributed by atoms with E-state index < -0.39 is 0 Å². The molecule has 0 radical (unpaired) electrons. The van der Waals surface area contributed by atoms with E-state index in [1.165, 1.54) is 31.6 Å². The third-order valence-electron chi connectivity index (χ3n) is 4.12. The van der Waals surface area contributed by atoms with Crippen LogP contribution in [-0.4, -0.2) is 54.6 Å². The van der Waals surface area contributed by atoms with Gasteiger partial charge >= 0.3 is 0 Å². The highest BCUT2D eigenvalue weighted by Crippen LogP contribution is 2.17. The van der Waals surface area contributed by atoms with E-state index in [-0.39, 0.29) is 0 Å². The fourth-order valence-corrected chi connectivity index (χ4v) is 2.76. The first-order valence-electron chi connectivity index (χ1n) is 7.76. The molecule has 1 N–H and O–H groups in total. The third-order valence-corrected chi connectivity index (χ3v) is 4.12. The van der Waals surface area contributed by atoms with E-state index in [4.69, 9.17) is 0 Å². The van der Waals surface area contributed by atoms with E-state index in [9.17, 15) is 0 Å². The smallest absolute Gasteiger partial charge is 0.0564 e. The van der Waals surface area contributed by atoms with Crippen LogP contribution in [0.4, 0.5) is 5.69 Å². The van der Waals surface area contributed by atoms with Gasteiger partial charge in [0.25, 0.3) is 0 Å². The molecule has 0 amide bonds. The molecule has 2 rings (SSSR count). The molecular formula is C16H28N4. The average Bonchev–Trinajstić information content (AvgIpc) is 2.46. The zero-order chi connectivity index (χ0) is 14.4. The van der Waals surface area contributed by atoms with Crippen LogP contribution in [0.25, 0.3) is 0 Å². The molecule has 0 aliphatic carbocycles. The Morgan fingerprint density at radius 1 is 1.40 bits per heavy atom. The van der Waals surface area contributed by atoms with Gasteiger partial charge in [0.1, 0.15) is 0 Å². The van der Waals surface area contributed by atoms with Crippen LogP contribution in [0.5, 0.6) is 0 Å². The van der Waals surface area contributed by atoms with Crippen molar-refractivity contribution in [2.24, 2.45) is 0 Å². The van der Waals surface area contributed by atoms with Crippen molar-refractivity contribution in [2.75, 3.05) is 39.0 Å². The summed E-state index contributed by atoms with van der Waals surface area (Å²) in [7, 11) is 4.43. The maximum atomic E-state index is 4.51. The third kappa shape index (κ3) is 4.46. The second kappa shape index (κ2) is 7.60. The summed E-state index contributed by atoms with van der Waals surface area (Å²) < 4.78 is 0. The summed E-state index contributed by atoms with van der Waals surface area (Å²) in [5.74, 6) is 0. The Hall–Kier alpha value is -1.13. The molecule has 2 heterocycles. The van der Waals surface area contributed by atoms with Crippen molar-refractivity contribution < 1.29 is 0 Å². The Morgan fingerprint density at radius 2 is 2.15 bits per heavy atom. The minimum Gasteiger partial charge on any atom is -0.385 e. The number of likely N-dealkylation sites (tertiary alicyclic amines) is 1. The largest absolute Gasteiger partial charge is 0.385 e. The summed E-state index contributed by atoms with van der Waals surface area (Å²) in [4.78, 5) is 9.38. The summed E-state index contributed by atoms with van der Waals surface area (Å²) in [5.41, 5.74) is 2.35. The molecule has 20 heavy (non-hydrogen) atoms. The first kappa shape index (κ1) is 15.3. The Labute approximate surface area is 123 Å². The summed E-state index contributed by atoms with van der Waals surface area (Å²) in [6.45, 7) is 6.56. The van der Waals surface area contributed by atoms with Gasteiger partial charge in [-0.25, -0.2) is 0 Å². The standard InChI is InChI=1S/C16H28N4/c1-4-8-17-14-5-9-18-15(12-14)13-20(3)16-6-10-19(2)11-7-16/h5,9,12,16H,4,6-8,10-11,13H2,1-3H3,(H,17,18). The van der Waals surface area contributed by atoms with Crippen molar-refractivity contribution in [3.05, 3.63) is 24.0 Å². The molecule has 112 valence electrons. The number of nitrogens with zero attached hydrogens (tertiary/aromatic N) is 3. The summed E-state index contributed by atoms with van der Waals surface area (Å²) >= 11 is 0. The number of hydrogen-bond acceptors (Lipinski definition) is 4.